The number of hydrogen-bond acceptors (Lipinski definition) is 5. The normalized spacial score (nSPS) is 15.1. The number of carboxylic acid groups (broad SMARTS) is 1. The number of sulfonamides is 1. The molecule has 0 aliphatic rings. The number of rotatable bonds is 7. The van der Waals surface area contributed by atoms with Gasteiger partial charge >= 0.3 is 5.97 Å². The van der Waals surface area contributed by atoms with E-state index in [2.05, 4.69) is 4.72 Å². The largest absolute Gasteiger partial charge is 0.481 e. The van der Waals surface area contributed by atoms with Crippen LogP contribution in [0.5, 0.6) is 0 Å². The lowest BCUT2D eigenvalue weighted by Gasteiger charge is -2.22. The second kappa shape index (κ2) is 6.42. The van der Waals surface area contributed by atoms with Gasteiger partial charge in [-0.1, -0.05) is 0 Å². The third kappa shape index (κ3) is 4.23. The van der Waals surface area contributed by atoms with E-state index < -0.39 is 44.6 Å². The number of halogens is 1. The first-order valence-corrected chi connectivity index (χ1v) is 7.64. The van der Waals surface area contributed by atoms with E-state index in [1.54, 1.807) is 0 Å². The number of thiophene rings is 1. The van der Waals surface area contributed by atoms with Gasteiger partial charge in [0.2, 0.25) is 0 Å². The number of carboxylic acids is 1. The topological polar surface area (TPSA) is 92.7 Å². The molecule has 108 valence electrons. The lowest BCUT2D eigenvalue weighted by Crippen LogP contribution is -2.44. The van der Waals surface area contributed by atoms with E-state index in [0.29, 0.717) is 0 Å². The average molecular weight is 311 g/mol. The van der Waals surface area contributed by atoms with E-state index >= 15 is 0 Å². The monoisotopic (exact) mass is 311 g/mol. The molecular weight excluding hydrogens is 297 g/mol. The summed E-state index contributed by atoms with van der Waals surface area (Å²) in [6.45, 7) is 1.53. The molecule has 0 aliphatic heterocycles. The zero-order valence-corrected chi connectivity index (χ0v) is 11.9. The lowest BCUT2D eigenvalue weighted by molar-refractivity contribution is -0.138. The number of aliphatic carboxylic acids is 1. The van der Waals surface area contributed by atoms with Gasteiger partial charge in [0.05, 0.1) is 18.6 Å². The van der Waals surface area contributed by atoms with Gasteiger partial charge in [-0.3, -0.25) is 4.79 Å². The molecule has 2 atom stereocenters. The molecule has 1 aromatic rings. The Hall–Kier alpha value is -1.03. The molecular formula is C10H14FNO5S2. The van der Waals surface area contributed by atoms with Crippen LogP contribution in [-0.4, -0.2) is 38.7 Å². The van der Waals surface area contributed by atoms with Crippen LogP contribution in [0.25, 0.3) is 0 Å². The van der Waals surface area contributed by atoms with Gasteiger partial charge in [0, 0.05) is 7.11 Å². The summed E-state index contributed by atoms with van der Waals surface area (Å²) >= 11 is 0.723. The number of carbonyl (C=O) groups is 1. The van der Waals surface area contributed by atoms with Crippen LogP contribution in [0, 0.1) is 5.82 Å². The van der Waals surface area contributed by atoms with E-state index in [4.69, 9.17) is 9.84 Å². The van der Waals surface area contributed by atoms with Crippen molar-refractivity contribution in [2.24, 2.45) is 0 Å². The smallest absolute Gasteiger partial charge is 0.305 e. The van der Waals surface area contributed by atoms with Crippen molar-refractivity contribution >= 4 is 27.3 Å². The molecule has 2 N–H and O–H groups in total. The first-order chi connectivity index (χ1) is 8.77. The molecule has 0 unspecified atom stereocenters. The maximum Gasteiger partial charge on any atom is 0.305 e. The summed E-state index contributed by atoms with van der Waals surface area (Å²) in [6, 6.07) is 0.0551. The molecule has 1 rings (SSSR count). The predicted molar refractivity (Wildman–Crippen MR) is 67.1 cm³/mol. The Morgan fingerprint density at radius 3 is 2.68 bits per heavy atom. The Kier molecular flexibility index (Phi) is 5.41. The molecule has 19 heavy (non-hydrogen) atoms. The zero-order valence-electron chi connectivity index (χ0n) is 10.3. The van der Waals surface area contributed by atoms with Crippen LogP contribution in [-0.2, 0) is 19.6 Å². The van der Waals surface area contributed by atoms with Crippen LogP contribution in [0.15, 0.2) is 15.7 Å². The highest BCUT2D eigenvalue weighted by Crippen LogP contribution is 2.21. The lowest BCUT2D eigenvalue weighted by atomic mass is 10.1. The van der Waals surface area contributed by atoms with Gasteiger partial charge in [0.15, 0.2) is 10.0 Å². The Balaban J connectivity index is 2.95. The molecule has 0 spiro atoms. The van der Waals surface area contributed by atoms with Crippen LogP contribution in [0.2, 0.25) is 0 Å². The predicted octanol–water partition coefficient (Wildman–Crippen LogP) is 1.04. The number of ether oxygens (including phenoxy) is 1. The van der Waals surface area contributed by atoms with E-state index in [1.165, 1.54) is 19.4 Å². The molecule has 0 aromatic carbocycles. The fourth-order valence-corrected chi connectivity index (χ4v) is 3.80. The first-order valence-electron chi connectivity index (χ1n) is 5.28. The number of methoxy groups -OCH3 is 1. The molecule has 0 bridgehead atoms. The van der Waals surface area contributed by atoms with Gasteiger partial charge in [-0.2, -0.15) is 0 Å². The summed E-state index contributed by atoms with van der Waals surface area (Å²) in [5, 5.41) is 10.0. The fraction of sp³-hybridized carbons (Fsp3) is 0.500. The summed E-state index contributed by atoms with van der Waals surface area (Å²) in [5.74, 6) is -2.04. The van der Waals surface area contributed by atoms with Crippen molar-refractivity contribution in [2.75, 3.05) is 7.11 Å². The zero-order chi connectivity index (χ0) is 14.6. The molecule has 0 saturated carbocycles. The molecule has 1 heterocycles. The van der Waals surface area contributed by atoms with Gasteiger partial charge in [0.1, 0.15) is 0 Å². The molecule has 1 aromatic heterocycles. The van der Waals surface area contributed by atoms with Gasteiger partial charge in [-0.15, -0.1) is 11.3 Å². The second-order valence-electron chi connectivity index (χ2n) is 3.82. The Morgan fingerprint density at radius 1 is 1.63 bits per heavy atom. The molecule has 0 aliphatic carbocycles. The number of nitrogens with one attached hydrogen (secondary N) is 1. The van der Waals surface area contributed by atoms with Crippen molar-refractivity contribution in [1.29, 1.82) is 0 Å². The highest BCUT2D eigenvalue weighted by molar-refractivity contribution is 7.91. The Labute approximate surface area is 114 Å². The quantitative estimate of drug-likeness (QED) is 0.785. The van der Waals surface area contributed by atoms with E-state index in [0.717, 1.165) is 17.4 Å². The van der Waals surface area contributed by atoms with Crippen molar-refractivity contribution in [1.82, 2.24) is 4.72 Å². The van der Waals surface area contributed by atoms with Gasteiger partial charge in [-0.25, -0.2) is 17.5 Å². The minimum atomic E-state index is -4.10. The number of hydrogen-bond donors (Lipinski definition) is 2. The average Bonchev–Trinajstić information content (AvgIpc) is 2.73. The third-order valence-electron chi connectivity index (χ3n) is 2.47. The summed E-state index contributed by atoms with van der Waals surface area (Å²) in [4.78, 5) is 10.7. The van der Waals surface area contributed by atoms with E-state index in [-0.39, 0.29) is 0 Å². The van der Waals surface area contributed by atoms with Crippen molar-refractivity contribution in [3.8, 4) is 0 Å². The van der Waals surface area contributed by atoms with Crippen LogP contribution >= 0.6 is 11.3 Å². The highest BCUT2D eigenvalue weighted by atomic mass is 32.2. The van der Waals surface area contributed by atoms with Gasteiger partial charge < -0.3 is 9.84 Å². The summed E-state index contributed by atoms with van der Waals surface area (Å²) in [6.07, 6.45) is -1.12. The van der Waals surface area contributed by atoms with Crippen molar-refractivity contribution in [3.63, 3.8) is 0 Å². The maximum atomic E-state index is 13.3. The SMILES string of the molecule is CO[C@H](C)[C@@H](CC(=O)O)NS(=O)(=O)c1sccc1F. The summed E-state index contributed by atoms with van der Waals surface area (Å²) in [7, 11) is -2.76. The van der Waals surface area contributed by atoms with Crippen molar-refractivity contribution in [2.45, 2.75) is 29.7 Å². The minimum Gasteiger partial charge on any atom is -0.481 e. The Morgan fingerprint density at radius 2 is 2.26 bits per heavy atom. The van der Waals surface area contributed by atoms with E-state index in [1.807, 2.05) is 0 Å². The minimum absolute atomic E-state index is 0.457. The molecule has 0 radical (unpaired) electrons. The molecule has 9 heteroatoms. The van der Waals surface area contributed by atoms with Crippen LogP contribution in [0.4, 0.5) is 4.39 Å². The van der Waals surface area contributed by atoms with Crippen molar-refractivity contribution in [3.05, 3.63) is 17.3 Å². The highest BCUT2D eigenvalue weighted by Gasteiger charge is 2.29. The maximum absolute atomic E-state index is 13.3. The summed E-state index contributed by atoms with van der Waals surface area (Å²) < 4.78 is 43.8. The molecule has 6 nitrogen and oxygen atoms in total. The van der Waals surface area contributed by atoms with Crippen LogP contribution in [0.3, 0.4) is 0 Å². The third-order valence-corrected chi connectivity index (χ3v) is 5.39. The van der Waals surface area contributed by atoms with Crippen LogP contribution in [0.1, 0.15) is 13.3 Å². The first kappa shape index (κ1) is 16.0. The van der Waals surface area contributed by atoms with Crippen molar-refractivity contribution < 1.29 is 27.4 Å². The standard InChI is InChI=1S/C10H14FNO5S2/c1-6(17-2)8(5-9(13)14)12-19(15,16)10-7(11)3-4-18-10/h3-4,6,8,12H,5H2,1-2H3,(H,13,14)/t6-,8-/m1/s1. The Bertz CT molecular complexity index is 542. The van der Waals surface area contributed by atoms with Gasteiger partial charge in [0.25, 0.3) is 10.0 Å². The second-order valence-corrected chi connectivity index (χ2v) is 6.65. The van der Waals surface area contributed by atoms with Crippen LogP contribution < -0.4 is 4.72 Å². The molecule has 0 fully saturated rings. The molecule has 0 saturated heterocycles. The van der Waals surface area contributed by atoms with E-state index in [9.17, 15) is 17.6 Å². The fourth-order valence-electron chi connectivity index (χ4n) is 1.38. The summed E-state index contributed by atoms with van der Waals surface area (Å²) in [5.41, 5.74) is 0. The van der Waals surface area contributed by atoms with Gasteiger partial charge in [-0.05, 0) is 18.4 Å². The molecule has 0 amide bonds.